The average Bonchev–Trinajstić information content (AvgIpc) is 3.02. The van der Waals surface area contributed by atoms with Crippen LogP contribution in [0.5, 0.6) is 0 Å². The Kier molecular flexibility index (Phi) is 7.48. The molecule has 0 unspecified atom stereocenters. The van der Waals surface area contributed by atoms with Crippen LogP contribution >= 0.6 is 56.4 Å². The Bertz CT molecular complexity index is 812. The van der Waals surface area contributed by atoms with E-state index in [0.717, 1.165) is 20.1 Å². The van der Waals surface area contributed by atoms with Gasteiger partial charge in [0.15, 0.2) is 5.78 Å². The number of hydrogen-bond donors (Lipinski definition) is 0. The van der Waals surface area contributed by atoms with Crippen molar-refractivity contribution < 1.29 is 4.79 Å². The second-order valence-electron chi connectivity index (χ2n) is 4.49. The predicted molar refractivity (Wildman–Crippen MR) is 111 cm³/mol. The number of carbonyl (C=O) groups excluding carboxylic acids is 1. The number of halogens is 1. The minimum atomic E-state index is 0. The zero-order valence-corrected chi connectivity index (χ0v) is 16.8. The van der Waals surface area contributed by atoms with Crippen molar-refractivity contribution in [1.82, 2.24) is 0 Å². The summed E-state index contributed by atoms with van der Waals surface area (Å²) in [5.41, 5.74) is 1.72. The number of thioether (sulfide) groups is 1. The van der Waals surface area contributed by atoms with E-state index in [-0.39, 0.29) is 29.8 Å². The highest BCUT2D eigenvalue weighted by molar-refractivity contribution is 14.0. The van der Waals surface area contributed by atoms with Gasteiger partial charge in [0.2, 0.25) is 0 Å². The molecule has 0 atom stereocenters. The Balaban J connectivity index is 0.00000192. The molecule has 1 heterocycles. The summed E-state index contributed by atoms with van der Waals surface area (Å²) in [6.07, 6.45) is 0. The lowest BCUT2D eigenvalue weighted by molar-refractivity contribution is 0.102. The first-order chi connectivity index (χ1) is 10.8. The lowest BCUT2D eigenvalue weighted by Crippen LogP contribution is -2.01. The highest BCUT2D eigenvalue weighted by Crippen LogP contribution is 2.25. The number of rotatable bonds is 5. The maximum atomic E-state index is 12.1. The van der Waals surface area contributed by atoms with E-state index < -0.39 is 0 Å². The van der Waals surface area contributed by atoms with Crippen molar-refractivity contribution >= 4 is 67.9 Å². The van der Waals surface area contributed by atoms with E-state index in [0.29, 0.717) is 5.75 Å². The standard InChI is InChI=1S/C17H13NOS3.HI/c19-15(13-7-3-1-4-8-13)12-20-17-11-16(21-22-17)18-14-9-5-2-6-10-14;/h1-11H,12H2;1H/b18-16-;. The van der Waals surface area contributed by atoms with Crippen molar-refractivity contribution in [1.29, 1.82) is 0 Å². The van der Waals surface area contributed by atoms with Crippen LogP contribution in [0.15, 0.2) is 75.9 Å². The Labute approximate surface area is 163 Å². The van der Waals surface area contributed by atoms with Crippen LogP contribution < -0.4 is 4.67 Å². The fraction of sp³-hybridized carbons (Fsp3) is 0.0588. The monoisotopic (exact) mass is 471 g/mol. The Morgan fingerprint density at radius 3 is 2.30 bits per heavy atom. The molecule has 0 spiro atoms. The van der Waals surface area contributed by atoms with Gasteiger partial charge in [-0.25, -0.2) is 4.99 Å². The van der Waals surface area contributed by atoms with Crippen molar-refractivity contribution in [2.45, 2.75) is 4.21 Å². The van der Waals surface area contributed by atoms with E-state index in [1.165, 1.54) is 0 Å². The first-order valence-corrected chi connectivity index (χ1v) is 9.86. The van der Waals surface area contributed by atoms with Crippen LogP contribution in [-0.2, 0) is 0 Å². The lowest BCUT2D eigenvalue weighted by Gasteiger charge is -1.98. The molecule has 1 aromatic heterocycles. The van der Waals surface area contributed by atoms with Crippen molar-refractivity contribution in [2.24, 2.45) is 4.99 Å². The van der Waals surface area contributed by atoms with Crippen molar-refractivity contribution in [3.8, 4) is 0 Å². The number of hydrogen-bond acceptors (Lipinski definition) is 5. The number of nitrogens with zero attached hydrogens (tertiary/aromatic N) is 1. The van der Waals surface area contributed by atoms with Gasteiger partial charge in [0.25, 0.3) is 0 Å². The molecule has 2 aromatic carbocycles. The zero-order chi connectivity index (χ0) is 15.2. The smallest absolute Gasteiger partial charge is 0.173 e. The second-order valence-corrected chi connectivity index (χ2v) is 7.96. The number of para-hydroxylation sites is 1. The van der Waals surface area contributed by atoms with Crippen LogP contribution in [0, 0.1) is 0 Å². The Morgan fingerprint density at radius 1 is 0.957 bits per heavy atom. The number of Topliss-reactive ketones (excluding diaryl/α,β-unsaturated/α-hetero) is 1. The first-order valence-electron chi connectivity index (χ1n) is 6.72. The van der Waals surface area contributed by atoms with E-state index in [9.17, 15) is 4.79 Å². The summed E-state index contributed by atoms with van der Waals surface area (Å²) in [6.45, 7) is 0. The summed E-state index contributed by atoms with van der Waals surface area (Å²) in [6, 6.07) is 21.4. The zero-order valence-electron chi connectivity index (χ0n) is 12.0. The van der Waals surface area contributed by atoms with Gasteiger partial charge in [-0.05, 0) is 18.2 Å². The quantitative estimate of drug-likeness (QED) is 0.209. The third-order valence-electron chi connectivity index (χ3n) is 2.89. The summed E-state index contributed by atoms with van der Waals surface area (Å²) < 4.78 is 2.11. The highest BCUT2D eigenvalue weighted by Gasteiger charge is 2.07. The maximum Gasteiger partial charge on any atom is 0.173 e. The van der Waals surface area contributed by atoms with E-state index in [1.54, 1.807) is 32.4 Å². The van der Waals surface area contributed by atoms with Crippen LogP contribution in [0.25, 0.3) is 0 Å². The third kappa shape index (κ3) is 5.56. The highest BCUT2D eigenvalue weighted by atomic mass is 127. The molecular formula is C17H14INOS3. The van der Waals surface area contributed by atoms with Gasteiger partial charge in [0.1, 0.15) is 4.67 Å². The molecule has 23 heavy (non-hydrogen) atoms. The van der Waals surface area contributed by atoms with Crippen LogP contribution in [0.2, 0.25) is 0 Å². The molecule has 3 aromatic rings. The van der Waals surface area contributed by atoms with Crippen LogP contribution in [0.3, 0.4) is 0 Å². The lowest BCUT2D eigenvalue weighted by atomic mass is 10.2. The number of ketones is 1. The molecule has 0 N–H and O–H groups in total. The van der Waals surface area contributed by atoms with E-state index in [1.807, 2.05) is 66.7 Å². The average molecular weight is 471 g/mol. The molecule has 0 saturated heterocycles. The van der Waals surface area contributed by atoms with Gasteiger partial charge in [-0.1, -0.05) is 69.2 Å². The minimum absolute atomic E-state index is 0. The maximum absolute atomic E-state index is 12.1. The number of carbonyl (C=O) groups is 1. The van der Waals surface area contributed by atoms with E-state index in [4.69, 9.17) is 0 Å². The van der Waals surface area contributed by atoms with Gasteiger partial charge in [-0.3, -0.25) is 4.79 Å². The third-order valence-corrected chi connectivity index (χ3v) is 6.66. The molecule has 0 aliphatic heterocycles. The fourth-order valence-corrected chi connectivity index (χ4v) is 5.25. The van der Waals surface area contributed by atoms with Gasteiger partial charge in [-0.15, -0.1) is 35.7 Å². The SMILES string of the molecule is I.O=C(CSc1c/c(=N/c2ccccc2)ss1)c1ccccc1. The molecule has 0 saturated carbocycles. The van der Waals surface area contributed by atoms with Crippen LogP contribution in [0.1, 0.15) is 10.4 Å². The Hall–Kier alpha value is -0.960. The van der Waals surface area contributed by atoms with Gasteiger partial charge < -0.3 is 0 Å². The molecule has 118 valence electrons. The van der Waals surface area contributed by atoms with E-state index in [2.05, 4.69) is 4.99 Å². The summed E-state index contributed by atoms with van der Waals surface area (Å²) in [5.74, 6) is 0.618. The van der Waals surface area contributed by atoms with Gasteiger partial charge in [0, 0.05) is 5.56 Å². The normalized spacial score (nSPS) is 11.0. The van der Waals surface area contributed by atoms with E-state index >= 15 is 0 Å². The molecule has 6 heteroatoms. The summed E-state index contributed by atoms with van der Waals surface area (Å²) in [7, 11) is 3.30. The summed E-state index contributed by atoms with van der Waals surface area (Å²) in [4.78, 5) is 16.7. The summed E-state index contributed by atoms with van der Waals surface area (Å²) >= 11 is 1.57. The largest absolute Gasteiger partial charge is 0.293 e. The molecule has 0 amide bonds. The first kappa shape index (κ1) is 18.4. The molecule has 0 bridgehead atoms. The van der Waals surface area contributed by atoms with Crippen molar-refractivity contribution in [2.75, 3.05) is 5.75 Å². The second kappa shape index (κ2) is 9.36. The van der Waals surface area contributed by atoms with Gasteiger partial charge in [0.05, 0.1) is 15.6 Å². The predicted octanol–water partition coefficient (Wildman–Crippen LogP) is 5.64. The molecule has 2 nitrogen and oxygen atoms in total. The van der Waals surface area contributed by atoms with Crippen LogP contribution in [-0.4, -0.2) is 11.5 Å². The van der Waals surface area contributed by atoms with Crippen molar-refractivity contribution in [3.63, 3.8) is 0 Å². The van der Waals surface area contributed by atoms with Gasteiger partial charge >= 0.3 is 0 Å². The minimum Gasteiger partial charge on any atom is -0.293 e. The molecule has 0 aliphatic rings. The molecular weight excluding hydrogens is 457 g/mol. The van der Waals surface area contributed by atoms with Crippen LogP contribution in [0.4, 0.5) is 5.69 Å². The topological polar surface area (TPSA) is 29.4 Å². The van der Waals surface area contributed by atoms with Crippen molar-refractivity contribution in [3.05, 3.63) is 77.0 Å². The number of benzene rings is 2. The van der Waals surface area contributed by atoms with Gasteiger partial charge in [-0.2, -0.15) is 0 Å². The summed E-state index contributed by atoms with van der Waals surface area (Å²) in [5, 5.41) is 0. The molecule has 0 radical (unpaired) electrons. The Morgan fingerprint density at radius 2 is 1.61 bits per heavy atom. The molecule has 0 aliphatic carbocycles. The molecule has 0 fully saturated rings. The fourth-order valence-electron chi connectivity index (χ4n) is 1.82. The molecule has 3 rings (SSSR count).